The molecule has 0 unspecified atom stereocenters. The van der Waals surface area contributed by atoms with Crippen LogP contribution in [0.2, 0.25) is 0 Å². The van der Waals surface area contributed by atoms with E-state index in [1.54, 1.807) is 6.08 Å². The van der Waals surface area contributed by atoms with Crippen LogP contribution < -0.4 is 0 Å². The van der Waals surface area contributed by atoms with Gasteiger partial charge in [-0.25, -0.2) is 0 Å². The molecule has 0 heterocycles. The second kappa shape index (κ2) is 2.50. The van der Waals surface area contributed by atoms with Crippen LogP contribution in [0, 0.1) is 5.92 Å². The van der Waals surface area contributed by atoms with Crippen LogP contribution in [0.1, 0.15) is 12.8 Å². The summed E-state index contributed by atoms with van der Waals surface area (Å²) in [5.41, 5.74) is 0. The first-order valence-corrected chi connectivity index (χ1v) is 3.22. The molecule has 1 aliphatic carbocycles. The van der Waals surface area contributed by atoms with Crippen molar-refractivity contribution >= 4 is 0 Å². The molecular weight excluding hydrogens is 116 g/mol. The highest BCUT2D eigenvalue weighted by molar-refractivity contribution is 4.92. The molecular formula is C7H12O2. The van der Waals surface area contributed by atoms with Gasteiger partial charge < -0.3 is 10.2 Å². The molecule has 52 valence electrons. The molecule has 0 aliphatic heterocycles. The van der Waals surface area contributed by atoms with Crippen LogP contribution >= 0.6 is 0 Å². The zero-order valence-electron chi connectivity index (χ0n) is 5.33. The molecule has 0 aromatic carbocycles. The first-order valence-electron chi connectivity index (χ1n) is 3.22. The van der Waals surface area contributed by atoms with E-state index in [1.807, 2.05) is 0 Å². The predicted molar refractivity (Wildman–Crippen MR) is 34.9 cm³/mol. The van der Waals surface area contributed by atoms with E-state index in [4.69, 9.17) is 10.2 Å². The van der Waals surface area contributed by atoms with Crippen LogP contribution in [0.3, 0.4) is 0 Å². The van der Waals surface area contributed by atoms with Gasteiger partial charge in [0.15, 0.2) is 0 Å². The van der Waals surface area contributed by atoms with Gasteiger partial charge in [0.1, 0.15) is 0 Å². The largest absolute Gasteiger partial charge is 0.393 e. The second-order valence-electron chi connectivity index (χ2n) is 2.59. The maximum Gasteiger partial charge on any atom is 0.0628 e. The molecule has 2 nitrogen and oxygen atoms in total. The van der Waals surface area contributed by atoms with Crippen molar-refractivity contribution in [3.05, 3.63) is 12.7 Å². The molecule has 3 atom stereocenters. The van der Waals surface area contributed by atoms with E-state index in [0.29, 0.717) is 12.8 Å². The molecule has 9 heavy (non-hydrogen) atoms. The lowest BCUT2D eigenvalue weighted by molar-refractivity contribution is 0.129. The van der Waals surface area contributed by atoms with Crippen molar-refractivity contribution in [1.82, 2.24) is 0 Å². The summed E-state index contributed by atoms with van der Waals surface area (Å²) in [5.74, 6) is 0.111. The summed E-state index contributed by atoms with van der Waals surface area (Å²) in [6.45, 7) is 3.56. The smallest absolute Gasteiger partial charge is 0.0628 e. The monoisotopic (exact) mass is 128 g/mol. The lowest BCUT2D eigenvalue weighted by Crippen LogP contribution is -2.09. The SMILES string of the molecule is C=C[C@@H]1C[C@@H](O)C[C@H]1O. The summed E-state index contributed by atoms with van der Waals surface area (Å²) in [6.07, 6.45) is 2.21. The lowest BCUT2D eigenvalue weighted by Gasteiger charge is -2.05. The average Bonchev–Trinajstić information content (AvgIpc) is 2.10. The minimum atomic E-state index is -0.363. The van der Waals surface area contributed by atoms with Crippen LogP contribution in [0.4, 0.5) is 0 Å². The quantitative estimate of drug-likeness (QED) is 0.499. The van der Waals surface area contributed by atoms with E-state index in [-0.39, 0.29) is 18.1 Å². The molecule has 0 aromatic heterocycles. The Kier molecular flexibility index (Phi) is 1.88. The minimum absolute atomic E-state index is 0.111. The Labute approximate surface area is 54.8 Å². The van der Waals surface area contributed by atoms with Gasteiger partial charge in [0, 0.05) is 5.92 Å². The molecule has 1 aliphatic rings. The zero-order chi connectivity index (χ0) is 6.85. The van der Waals surface area contributed by atoms with Crippen LogP contribution in [-0.2, 0) is 0 Å². The fraction of sp³-hybridized carbons (Fsp3) is 0.714. The Morgan fingerprint density at radius 1 is 1.33 bits per heavy atom. The maximum atomic E-state index is 9.13. The minimum Gasteiger partial charge on any atom is -0.393 e. The summed E-state index contributed by atoms with van der Waals surface area (Å²) in [7, 11) is 0. The molecule has 2 heteroatoms. The van der Waals surface area contributed by atoms with Gasteiger partial charge in [-0.15, -0.1) is 6.58 Å². The Bertz CT molecular complexity index is 111. The molecule has 2 N–H and O–H groups in total. The zero-order valence-corrected chi connectivity index (χ0v) is 5.33. The summed E-state index contributed by atoms with van der Waals surface area (Å²) >= 11 is 0. The first-order chi connectivity index (χ1) is 4.24. The van der Waals surface area contributed by atoms with Gasteiger partial charge in [0.05, 0.1) is 12.2 Å². The summed E-state index contributed by atoms with van der Waals surface area (Å²) < 4.78 is 0. The molecule has 0 aromatic rings. The first kappa shape index (κ1) is 6.78. The van der Waals surface area contributed by atoms with Gasteiger partial charge in [0.25, 0.3) is 0 Å². The van der Waals surface area contributed by atoms with Crippen molar-refractivity contribution in [3.8, 4) is 0 Å². The van der Waals surface area contributed by atoms with E-state index >= 15 is 0 Å². The van der Waals surface area contributed by atoms with E-state index in [0.717, 1.165) is 0 Å². The van der Waals surface area contributed by atoms with E-state index in [1.165, 1.54) is 0 Å². The van der Waals surface area contributed by atoms with Crippen LogP contribution in [-0.4, -0.2) is 22.4 Å². The van der Waals surface area contributed by atoms with Gasteiger partial charge in [-0.05, 0) is 12.8 Å². The van der Waals surface area contributed by atoms with Crippen molar-refractivity contribution in [2.45, 2.75) is 25.0 Å². The molecule has 0 amide bonds. The van der Waals surface area contributed by atoms with Gasteiger partial charge in [-0.2, -0.15) is 0 Å². The fourth-order valence-corrected chi connectivity index (χ4v) is 1.27. The van der Waals surface area contributed by atoms with Crippen molar-refractivity contribution < 1.29 is 10.2 Å². The average molecular weight is 128 g/mol. The highest BCUT2D eigenvalue weighted by atomic mass is 16.3. The second-order valence-corrected chi connectivity index (χ2v) is 2.59. The molecule has 0 bridgehead atoms. The van der Waals surface area contributed by atoms with Crippen LogP contribution in [0.5, 0.6) is 0 Å². The molecule has 1 saturated carbocycles. The number of hydrogen-bond donors (Lipinski definition) is 2. The van der Waals surface area contributed by atoms with Crippen LogP contribution in [0.25, 0.3) is 0 Å². The van der Waals surface area contributed by atoms with Gasteiger partial charge >= 0.3 is 0 Å². The summed E-state index contributed by atoms with van der Waals surface area (Å²) in [6, 6.07) is 0. The van der Waals surface area contributed by atoms with Crippen molar-refractivity contribution in [3.63, 3.8) is 0 Å². The summed E-state index contributed by atoms with van der Waals surface area (Å²) in [5, 5.41) is 18.1. The molecule has 1 rings (SSSR count). The predicted octanol–water partition coefficient (Wildman–Crippen LogP) is 0.304. The summed E-state index contributed by atoms with van der Waals surface area (Å²) in [4.78, 5) is 0. The van der Waals surface area contributed by atoms with Crippen molar-refractivity contribution in [2.24, 2.45) is 5.92 Å². The number of aliphatic hydroxyl groups is 2. The van der Waals surface area contributed by atoms with Gasteiger partial charge in [0.2, 0.25) is 0 Å². The van der Waals surface area contributed by atoms with Crippen molar-refractivity contribution in [2.75, 3.05) is 0 Å². The highest BCUT2D eigenvalue weighted by Crippen LogP contribution is 2.26. The molecule has 0 saturated heterocycles. The van der Waals surface area contributed by atoms with Crippen molar-refractivity contribution in [1.29, 1.82) is 0 Å². The van der Waals surface area contributed by atoms with Gasteiger partial charge in [-0.1, -0.05) is 6.08 Å². The number of aliphatic hydroxyl groups excluding tert-OH is 2. The Morgan fingerprint density at radius 2 is 2.00 bits per heavy atom. The molecule has 0 spiro atoms. The van der Waals surface area contributed by atoms with E-state index in [2.05, 4.69) is 6.58 Å². The normalized spacial score (nSPS) is 43.1. The molecule has 0 radical (unpaired) electrons. The molecule has 1 fully saturated rings. The highest BCUT2D eigenvalue weighted by Gasteiger charge is 2.28. The Morgan fingerprint density at radius 3 is 2.22 bits per heavy atom. The number of hydrogen-bond acceptors (Lipinski definition) is 2. The Hall–Kier alpha value is -0.340. The van der Waals surface area contributed by atoms with Gasteiger partial charge in [-0.3, -0.25) is 0 Å². The topological polar surface area (TPSA) is 40.5 Å². The maximum absolute atomic E-state index is 9.13. The third kappa shape index (κ3) is 1.32. The third-order valence-corrected chi connectivity index (χ3v) is 1.85. The third-order valence-electron chi connectivity index (χ3n) is 1.85. The Balaban J connectivity index is 2.47. The standard InChI is InChI=1S/C7H12O2/c1-2-5-3-6(8)4-7(5)9/h2,5-9H,1,3-4H2/t5-,6-,7-/m1/s1. The van der Waals surface area contributed by atoms with E-state index in [9.17, 15) is 0 Å². The fourth-order valence-electron chi connectivity index (χ4n) is 1.27. The lowest BCUT2D eigenvalue weighted by atomic mass is 10.1. The van der Waals surface area contributed by atoms with E-state index < -0.39 is 0 Å². The number of rotatable bonds is 1. The van der Waals surface area contributed by atoms with Crippen LogP contribution in [0.15, 0.2) is 12.7 Å².